The molecule has 2 aromatic carbocycles. The van der Waals surface area contributed by atoms with Crippen LogP contribution in [0.25, 0.3) is 0 Å². The molecular formula is C27H29NO2. The van der Waals surface area contributed by atoms with Gasteiger partial charge in [-0.05, 0) is 28.5 Å². The lowest BCUT2D eigenvalue weighted by molar-refractivity contribution is -0.170. The summed E-state index contributed by atoms with van der Waals surface area (Å²) in [6, 6.07) is 19.8. The average Bonchev–Trinajstić information content (AvgIpc) is 2.69. The van der Waals surface area contributed by atoms with Crippen molar-refractivity contribution in [3.8, 4) is 0 Å². The Morgan fingerprint density at radius 2 is 1.67 bits per heavy atom. The number of benzene rings is 2. The van der Waals surface area contributed by atoms with Crippen molar-refractivity contribution >= 4 is 5.78 Å². The van der Waals surface area contributed by atoms with E-state index in [9.17, 15) is 4.79 Å². The Labute approximate surface area is 178 Å². The largest absolute Gasteiger partial charge is 0.478 e. The molecule has 0 aromatic heterocycles. The lowest BCUT2D eigenvalue weighted by Gasteiger charge is -2.63. The minimum atomic E-state index is -0.141. The van der Waals surface area contributed by atoms with Crippen LogP contribution in [0.1, 0.15) is 68.7 Å². The maximum Gasteiger partial charge on any atom is 0.163 e. The van der Waals surface area contributed by atoms with E-state index in [1.165, 1.54) is 16.7 Å². The van der Waals surface area contributed by atoms with E-state index in [2.05, 4.69) is 80.3 Å². The van der Waals surface area contributed by atoms with Crippen LogP contribution in [0, 0.1) is 10.8 Å². The Kier molecular flexibility index (Phi) is 3.72. The number of piperidine rings is 1. The maximum atomic E-state index is 13.4. The fourth-order valence-corrected chi connectivity index (χ4v) is 6.75. The van der Waals surface area contributed by atoms with E-state index < -0.39 is 0 Å². The molecule has 3 heteroatoms. The monoisotopic (exact) mass is 399 g/mol. The molecule has 0 radical (unpaired) electrons. The molecule has 1 saturated heterocycles. The summed E-state index contributed by atoms with van der Waals surface area (Å²) in [5, 5.41) is 0. The van der Waals surface area contributed by atoms with Gasteiger partial charge in [0.25, 0.3) is 0 Å². The fraction of sp³-hybridized carbons (Fsp3) is 0.444. The van der Waals surface area contributed by atoms with Gasteiger partial charge in [0.05, 0.1) is 0 Å². The van der Waals surface area contributed by atoms with Crippen molar-refractivity contribution in [2.24, 2.45) is 10.8 Å². The van der Waals surface area contributed by atoms with Crippen LogP contribution in [-0.2, 0) is 16.1 Å². The molecule has 3 nitrogen and oxygen atoms in total. The Bertz CT molecular complexity index is 1070. The first-order valence-electron chi connectivity index (χ1n) is 11.2. The van der Waals surface area contributed by atoms with E-state index in [1.54, 1.807) is 0 Å². The van der Waals surface area contributed by atoms with Crippen molar-refractivity contribution in [3.05, 3.63) is 82.6 Å². The zero-order valence-electron chi connectivity index (χ0n) is 18.0. The summed E-state index contributed by atoms with van der Waals surface area (Å²) in [6.45, 7) is 7.58. The molecule has 0 saturated carbocycles. The highest BCUT2D eigenvalue weighted by molar-refractivity contribution is 5.99. The third kappa shape index (κ3) is 2.45. The molecule has 7 rings (SSSR count). The van der Waals surface area contributed by atoms with E-state index in [0.717, 1.165) is 30.7 Å². The molecule has 2 aromatic rings. The summed E-state index contributed by atoms with van der Waals surface area (Å²) in [7, 11) is 0. The molecule has 4 bridgehead atoms. The molecule has 0 N–H and O–H groups in total. The molecular weight excluding hydrogens is 370 g/mol. The number of nitrogens with zero attached hydrogens (tertiary/aromatic N) is 1. The number of carbonyl (C=O) groups excluding carboxylic acids is 1. The third-order valence-corrected chi connectivity index (χ3v) is 7.88. The number of rotatable bonds is 2. The van der Waals surface area contributed by atoms with Gasteiger partial charge in [0.1, 0.15) is 5.76 Å². The zero-order valence-corrected chi connectivity index (χ0v) is 18.0. The van der Waals surface area contributed by atoms with Gasteiger partial charge in [-0.2, -0.15) is 0 Å². The molecule has 0 spiro atoms. The summed E-state index contributed by atoms with van der Waals surface area (Å²) in [5.41, 5.74) is 4.95. The minimum absolute atomic E-state index is 0.00990. The number of carbonyl (C=O) groups is 1. The summed E-state index contributed by atoms with van der Waals surface area (Å²) >= 11 is 0. The Morgan fingerprint density at radius 1 is 0.967 bits per heavy atom. The Morgan fingerprint density at radius 3 is 2.43 bits per heavy atom. The third-order valence-electron chi connectivity index (χ3n) is 7.88. The molecule has 4 atom stereocenters. The molecule has 3 aliphatic heterocycles. The SMILES string of the molecule is CC1(C)CC(=O)C2=C(C1)OC1C3c4ccccc4C(CC23C)N1Cc1ccccc1. The second-order valence-corrected chi connectivity index (χ2v) is 10.6. The Balaban J connectivity index is 1.51. The molecule has 1 fully saturated rings. The van der Waals surface area contributed by atoms with Crippen LogP contribution in [0.2, 0.25) is 0 Å². The topological polar surface area (TPSA) is 29.5 Å². The molecule has 5 aliphatic rings. The smallest absolute Gasteiger partial charge is 0.163 e. The number of ketones is 1. The highest BCUT2D eigenvalue weighted by Gasteiger charge is 2.63. The number of ether oxygens (including phenoxy) is 1. The fourth-order valence-electron chi connectivity index (χ4n) is 6.75. The van der Waals surface area contributed by atoms with Gasteiger partial charge in [0.15, 0.2) is 12.0 Å². The summed E-state index contributed by atoms with van der Waals surface area (Å²) < 4.78 is 6.79. The molecule has 4 unspecified atom stereocenters. The lowest BCUT2D eigenvalue weighted by Crippen LogP contribution is -2.61. The van der Waals surface area contributed by atoms with Crippen molar-refractivity contribution in [1.82, 2.24) is 4.90 Å². The first-order valence-corrected chi connectivity index (χ1v) is 11.2. The van der Waals surface area contributed by atoms with Crippen LogP contribution in [0.4, 0.5) is 0 Å². The van der Waals surface area contributed by atoms with Gasteiger partial charge >= 0.3 is 0 Å². The maximum absolute atomic E-state index is 13.4. The first kappa shape index (κ1) is 18.4. The van der Waals surface area contributed by atoms with Gasteiger partial charge in [-0.15, -0.1) is 0 Å². The standard InChI is InChI=1S/C27H29NO2/c1-26(2)14-21(29)24-22(15-26)30-25-23-19-12-8-7-11-18(19)20(13-27(23,24)3)28(25)16-17-9-5-4-6-10-17/h4-12,20,23,25H,13-16H2,1-3H3. The number of Topliss-reactive ketones (excluding diaryl/α,β-unsaturated/α-hetero) is 1. The Hall–Kier alpha value is -2.39. The van der Waals surface area contributed by atoms with E-state index >= 15 is 0 Å². The minimum Gasteiger partial charge on any atom is -0.478 e. The van der Waals surface area contributed by atoms with Gasteiger partial charge < -0.3 is 4.74 Å². The molecule has 154 valence electrons. The van der Waals surface area contributed by atoms with Crippen LogP contribution in [0.5, 0.6) is 0 Å². The van der Waals surface area contributed by atoms with E-state index in [4.69, 9.17) is 4.74 Å². The highest BCUT2D eigenvalue weighted by Crippen LogP contribution is 2.66. The summed E-state index contributed by atoms with van der Waals surface area (Å²) in [6.07, 6.45) is 2.47. The average molecular weight is 400 g/mol. The second-order valence-electron chi connectivity index (χ2n) is 10.6. The van der Waals surface area contributed by atoms with Crippen molar-refractivity contribution in [2.75, 3.05) is 0 Å². The molecule has 2 aliphatic carbocycles. The predicted octanol–water partition coefficient (Wildman–Crippen LogP) is 5.74. The quantitative estimate of drug-likeness (QED) is 0.645. The lowest BCUT2D eigenvalue weighted by atomic mass is 9.52. The van der Waals surface area contributed by atoms with Gasteiger partial charge in [-0.3, -0.25) is 9.69 Å². The first-order chi connectivity index (χ1) is 14.4. The van der Waals surface area contributed by atoms with Gasteiger partial charge in [-0.1, -0.05) is 75.4 Å². The number of hydrogen-bond donors (Lipinski definition) is 0. The van der Waals surface area contributed by atoms with E-state index in [1.807, 2.05) is 0 Å². The number of allylic oxidation sites excluding steroid dienone is 2. The van der Waals surface area contributed by atoms with Crippen molar-refractivity contribution in [1.29, 1.82) is 0 Å². The predicted molar refractivity (Wildman–Crippen MR) is 117 cm³/mol. The van der Waals surface area contributed by atoms with Crippen LogP contribution >= 0.6 is 0 Å². The van der Waals surface area contributed by atoms with Crippen LogP contribution in [0.15, 0.2) is 65.9 Å². The number of hydrogen-bond acceptors (Lipinski definition) is 3. The van der Waals surface area contributed by atoms with Crippen LogP contribution in [-0.4, -0.2) is 16.9 Å². The van der Waals surface area contributed by atoms with Crippen molar-refractivity contribution < 1.29 is 9.53 Å². The molecule has 0 amide bonds. The molecule has 30 heavy (non-hydrogen) atoms. The van der Waals surface area contributed by atoms with Crippen molar-refractivity contribution in [2.45, 2.75) is 64.8 Å². The summed E-state index contributed by atoms with van der Waals surface area (Å²) in [4.78, 5) is 15.9. The highest BCUT2D eigenvalue weighted by atomic mass is 16.5. The van der Waals surface area contributed by atoms with Crippen molar-refractivity contribution in [3.63, 3.8) is 0 Å². The van der Waals surface area contributed by atoms with Gasteiger partial charge in [-0.25, -0.2) is 0 Å². The van der Waals surface area contributed by atoms with E-state index in [-0.39, 0.29) is 29.0 Å². The summed E-state index contributed by atoms with van der Waals surface area (Å²) in [5.74, 6) is 1.48. The van der Waals surface area contributed by atoms with Gasteiger partial charge in [0, 0.05) is 42.3 Å². The normalized spacial score (nSPS) is 33.7. The van der Waals surface area contributed by atoms with Crippen LogP contribution < -0.4 is 0 Å². The van der Waals surface area contributed by atoms with E-state index in [0.29, 0.717) is 12.2 Å². The van der Waals surface area contributed by atoms with Crippen LogP contribution in [0.3, 0.4) is 0 Å². The molecule has 3 heterocycles. The van der Waals surface area contributed by atoms with Gasteiger partial charge in [0.2, 0.25) is 0 Å². The zero-order chi connectivity index (χ0) is 20.7. The second kappa shape index (κ2) is 6.07.